The molecule has 5 nitrogen and oxygen atoms in total. The minimum absolute atomic E-state index is 0.200. The van der Waals surface area contributed by atoms with E-state index in [9.17, 15) is 4.79 Å². The third-order valence-electron chi connectivity index (χ3n) is 3.47. The van der Waals surface area contributed by atoms with Crippen LogP contribution in [0.3, 0.4) is 0 Å². The van der Waals surface area contributed by atoms with Gasteiger partial charge < -0.3 is 19.7 Å². The average Bonchev–Trinajstić information content (AvgIpc) is 2.54. The van der Waals surface area contributed by atoms with E-state index in [4.69, 9.17) is 9.47 Å². The number of amides is 1. The van der Waals surface area contributed by atoms with Gasteiger partial charge in [-0.3, -0.25) is 4.79 Å². The lowest BCUT2D eigenvalue weighted by molar-refractivity contribution is -0.135. The van der Waals surface area contributed by atoms with Gasteiger partial charge in [-0.15, -0.1) is 0 Å². The van der Waals surface area contributed by atoms with Gasteiger partial charge in [0.05, 0.1) is 19.8 Å². The summed E-state index contributed by atoms with van der Waals surface area (Å²) in [6.45, 7) is 4.16. The van der Waals surface area contributed by atoms with Gasteiger partial charge in [-0.25, -0.2) is 0 Å². The Kier molecular flexibility index (Phi) is 6.50. The van der Waals surface area contributed by atoms with Crippen LogP contribution in [0.4, 0.5) is 0 Å². The predicted octanol–water partition coefficient (Wildman–Crippen LogP) is 1.42. The van der Waals surface area contributed by atoms with E-state index in [0.29, 0.717) is 39.3 Å². The fraction of sp³-hybridized carbons (Fsp3) is 0.562. The highest BCUT2D eigenvalue weighted by molar-refractivity contribution is 5.76. The Labute approximate surface area is 126 Å². The smallest absolute Gasteiger partial charge is 0.222 e. The Morgan fingerprint density at radius 3 is 2.67 bits per heavy atom. The van der Waals surface area contributed by atoms with Gasteiger partial charge in [0, 0.05) is 26.1 Å². The molecule has 0 aromatic heterocycles. The maximum atomic E-state index is 11.9. The molecule has 0 radical (unpaired) electrons. The van der Waals surface area contributed by atoms with Gasteiger partial charge in [-0.2, -0.15) is 0 Å². The molecule has 0 spiro atoms. The Morgan fingerprint density at radius 1 is 1.29 bits per heavy atom. The van der Waals surface area contributed by atoms with Crippen molar-refractivity contribution in [3.63, 3.8) is 0 Å². The lowest BCUT2D eigenvalue weighted by Gasteiger charge is -2.26. The van der Waals surface area contributed by atoms with E-state index >= 15 is 0 Å². The molecule has 1 fully saturated rings. The number of morpholine rings is 1. The summed E-state index contributed by atoms with van der Waals surface area (Å²) in [6.07, 6.45) is 1.28. The van der Waals surface area contributed by atoms with E-state index in [0.717, 1.165) is 18.7 Å². The maximum absolute atomic E-state index is 11.9. The zero-order valence-corrected chi connectivity index (χ0v) is 12.6. The number of ether oxygens (including phenoxy) is 2. The lowest BCUT2D eigenvalue weighted by atomic mass is 10.2. The van der Waals surface area contributed by atoms with Crippen molar-refractivity contribution in [1.82, 2.24) is 10.2 Å². The standard InChI is InChI=1S/C16H24N2O3/c1-17-13-14-4-6-15(7-5-14)21-10-2-3-16(19)18-8-11-20-12-9-18/h4-7,17H,2-3,8-13H2,1H3. The molecule has 1 aliphatic heterocycles. The zero-order valence-electron chi connectivity index (χ0n) is 12.6. The van der Waals surface area contributed by atoms with Gasteiger partial charge >= 0.3 is 0 Å². The second-order valence-corrected chi connectivity index (χ2v) is 5.12. The van der Waals surface area contributed by atoms with E-state index in [1.54, 1.807) is 0 Å². The van der Waals surface area contributed by atoms with Crippen molar-refractivity contribution in [2.24, 2.45) is 0 Å². The van der Waals surface area contributed by atoms with E-state index < -0.39 is 0 Å². The lowest BCUT2D eigenvalue weighted by Crippen LogP contribution is -2.40. The summed E-state index contributed by atoms with van der Waals surface area (Å²) in [5.41, 5.74) is 1.23. The molecule has 116 valence electrons. The van der Waals surface area contributed by atoms with Crippen LogP contribution in [0.5, 0.6) is 5.75 Å². The van der Waals surface area contributed by atoms with Crippen LogP contribution in [0.2, 0.25) is 0 Å². The largest absolute Gasteiger partial charge is 0.494 e. The van der Waals surface area contributed by atoms with E-state index in [1.165, 1.54) is 5.56 Å². The molecule has 1 aromatic rings. The second kappa shape index (κ2) is 8.64. The molecule has 0 atom stereocenters. The van der Waals surface area contributed by atoms with Crippen LogP contribution in [0, 0.1) is 0 Å². The summed E-state index contributed by atoms with van der Waals surface area (Å²) in [5.74, 6) is 1.06. The molecule has 1 amide bonds. The van der Waals surface area contributed by atoms with E-state index in [-0.39, 0.29) is 5.91 Å². The van der Waals surface area contributed by atoms with Gasteiger partial charge in [0.25, 0.3) is 0 Å². The first-order chi connectivity index (χ1) is 10.3. The van der Waals surface area contributed by atoms with Gasteiger partial charge in [0.1, 0.15) is 5.75 Å². The Bertz CT molecular complexity index is 428. The summed E-state index contributed by atoms with van der Waals surface area (Å²) in [6, 6.07) is 8.03. The van der Waals surface area contributed by atoms with Crippen LogP contribution in [-0.2, 0) is 16.1 Å². The van der Waals surface area contributed by atoms with Crippen molar-refractivity contribution in [3.8, 4) is 5.75 Å². The highest BCUT2D eigenvalue weighted by Gasteiger charge is 2.15. The topological polar surface area (TPSA) is 50.8 Å². The molecule has 1 saturated heterocycles. The molecule has 1 aromatic carbocycles. The van der Waals surface area contributed by atoms with Crippen LogP contribution in [0.15, 0.2) is 24.3 Å². The quantitative estimate of drug-likeness (QED) is 0.772. The number of carbonyl (C=O) groups is 1. The normalized spacial score (nSPS) is 15.0. The first-order valence-electron chi connectivity index (χ1n) is 7.51. The van der Waals surface area contributed by atoms with Gasteiger partial charge in [-0.1, -0.05) is 12.1 Å². The maximum Gasteiger partial charge on any atom is 0.222 e. The number of rotatable bonds is 7. The van der Waals surface area contributed by atoms with Crippen LogP contribution in [0.25, 0.3) is 0 Å². The van der Waals surface area contributed by atoms with Gasteiger partial charge in [-0.05, 0) is 31.2 Å². The highest BCUT2D eigenvalue weighted by Crippen LogP contribution is 2.13. The molecule has 1 aliphatic rings. The first-order valence-corrected chi connectivity index (χ1v) is 7.51. The van der Waals surface area contributed by atoms with E-state index in [1.807, 2.05) is 36.2 Å². The average molecular weight is 292 g/mol. The fourth-order valence-electron chi connectivity index (χ4n) is 2.29. The molecule has 21 heavy (non-hydrogen) atoms. The van der Waals surface area contributed by atoms with Crippen molar-refractivity contribution in [3.05, 3.63) is 29.8 Å². The number of nitrogens with one attached hydrogen (secondary N) is 1. The molecule has 0 aliphatic carbocycles. The van der Waals surface area contributed by atoms with Crippen molar-refractivity contribution < 1.29 is 14.3 Å². The van der Waals surface area contributed by atoms with Crippen molar-refractivity contribution >= 4 is 5.91 Å². The number of nitrogens with zero attached hydrogens (tertiary/aromatic N) is 1. The summed E-state index contributed by atoms with van der Waals surface area (Å²) in [4.78, 5) is 13.8. The number of hydrogen-bond acceptors (Lipinski definition) is 4. The van der Waals surface area contributed by atoms with Crippen LogP contribution in [-0.4, -0.2) is 50.8 Å². The molecule has 1 heterocycles. The van der Waals surface area contributed by atoms with Crippen LogP contribution >= 0.6 is 0 Å². The SMILES string of the molecule is CNCc1ccc(OCCCC(=O)N2CCOCC2)cc1. The van der Waals surface area contributed by atoms with Gasteiger partial charge in [0.2, 0.25) is 5.91 Å². The fourth-order valence-corrected chi connectivity index (χ4v) is 2.29. The summed E-state index contributed by atoms with van der Waals surface area (Å²) in [5, 5.41) is 3.11. The summed E-state index contributed by atoms with van der Waals surface area (Å²) >= 11 is 0. The molecule has 0 bridgehead atoms. The van der Waals surface area contributed by atoms with Gasteiger partial charge in [0.15, 0.2) is 0 Å². The number of carbonyl (C=O) groups excluding carboxylic acids is 1. The zero-order chi connectivity index (χ0) is 14.9. The monoisotopic (exact) mass is 292 g/mol. The molecule has 1 N–H and O–H groups in total. The van der Waals surface area contributed by atoms with Crippen molar-refractivity contribution in [1.29, 1.82) is 0 Å². The third-order valence-corrected chi connectivity index (χ3v) is 3.47. The highest BCUT2D eigenvalue weighted by atomic mass is 16.5. The minimum Gasteiger partial charge on any atom is -0.494 e. The third kappa shape index (κ3) is 5.36. The predicted molar refractivity (Wildman–Crippen MR) is 81.3 cm³/mol. The number of hydrogen-bond donors (Lipinski definition) is 1. The number of benzene rings is 1. The van der Waals surface area contributed by atoms with Crippen molar-refractivity contribution in [2.75, 3.05) is 40.0 Å². The second-order valence-electron chi connectivity index (χ2n) is 5.12. The Morgan fingerprint density at radius 2 is 2.00 bits per heavy atom. The molecule has 0 unspecified atom stereocenters. The van der Waals surface area contributed by atoms with Crippen molar-refractivity contribution in [2.45, 2.75) is 19.4 Å². The molecule has 0 saturated carbocycles. The minimum atomic E-state index is 0.200. The molecule has 5 heteroatoms. The summed E-state index contributed by atoms with van der Waals surface area (Å²) < 4.78 is 10.9. The Balaban J connectivity index is 1.63. The van der Waals surface area contributed by atoms with E-state index in [2.05, 4.69) is 5.32 Å². The van der Waals surface area contributed by atoms with Crippen LogP contribution < -0.4 is 10.1 Å². The molecular weight excluding hydrogens is 268 g/mol. The summed E-state index contributed by atoms with van der Waals surface area (Å²) in [7, 11) is 1.93. The molecule has 2 rings (SSSR count). The molecular formula is C16H24N2O3. The van der Waals surface area contributed by atoms with Crippen LogP contribution in [0.1, 0.15) is 18.4 Å². The Hall–Kier alpha value is -1.59. The first kappa shape index (κ1) is 15.8.